The molecule has 1 unspecified atom stereocenters. The van der Waals surface area contributed by atoms with Crippen LogP contribution in [0, 0.1) is 0 Å². The Labute approximate surface area is 281 Å². The fraction of sp³-hybridized carbons (Fsp3) is 0.0435. The number of allylic oxidation sites excluding steroid dienone is 2. The number of aromatic nitrogens is 1. The lowest BCUT2D eigenvalue weighted by Crippen LogP contribution is -2.30. The summed E-state index contributed by atoms with van der Waals surface area (Å²) in [4.78, 5) is 2.49. The third-order valence-corrected chi connectivity index (χ3v) is 9.67. The van der Waals surface area contributed by atoms with E-state index in [1.807, 2.05) is 0 Å². The Morgan fingerprint density at radius 3 is 1.98 bits per heavy atom. The second-order valence-corrected chi connectivity index (χ2v) is 12.5. The first kappa shape index (κ1) is 28.1. The molecule has 1 aliphatic carbocycles. The molecular weight excluding hydrogens is 581 g/mol. The van der Waals surface area contributed by atoms with Crippen LogP contribution in [0.15, 0.2) is 188 Å². The van der Waals surface area contributed by atoms with Gasteiger partial charge in [-0.1, -0.05) is 146 Å². The standard InChI is InChI=1S/C46H34N2/c1-4-14-33(15-5-1)34-26-29-39(30-27-34)47(37-18-6-2-7-19-37)40-22-12-17-36(32-40)41-24-13-25-44-45(41)43-31-28-35-16-10-11-23-42(35)46(43)48(44)38-20-8-3-9-21-38/h1-21,23-32,40H,22H2. The average Bonchev–Trinajstić information content (AvgIpc) is 3.52. The number of hydrogen-bond acceptors (Lipinski definition) is 1. The highest BCUT2D eigenvalue weighted by atomic mass is 15.2. The van der Waals surface area contributed by atoms with Gasteiger partial charge in [-0.15, -0.1) is 0 Å². The molecule has 228 valence electrons. The Kier molecular flexibility index (Phi) is 6.98. The topological polar surface area (TPSA) is 8.17 Å². The van der Waals surface area contributed by atoms with Crippen LogP contribution >= 0.6 is 0 Å². The SMILES string of the molecule is C1=CC(c2cccc3c2c2ccc4ccccc4c2n3-c2ccccc2)=CC(N(c2ccccc2)c2ccc(-c3ccccc3)cc2)C1. The van der Waals surface area contributed by atoms with E-state index in [0.29, 0.717) is 0 Å². The van der Waals surface area contributed by atoms with Crippen LogP contribution in [0.3, 0.4) is 0 Å². The van der Waals surface area contributed by atoms with Crippen molar-refractivity contribution in [2.75, 3.05) is 4.90 Å². The van der Waals surface area contributed by atoms with E-state index in [0.717, 1.165) is 6.42 Å². The second kappa shape index (κ2) is 11.9. The highest BCUT2D eigenvalue weighted by molar-refractivity contribution is 6.21. The van der Waals surface area contributed by atoms with Crippen molar-refractivity contribution in [2.45, 2.75) is 12.5 Å². The van der Waals surface area contributed by atoms with Crippen LogP contribution < -0.4 is 4.90 Å². The minimum absolute atomic E-state index is 0.147. The minimum Gasteiger partial charge on any atom is -0.334 e. The molecular formula is C46H34N2. The monoisotopic (exact) mass is 614 g/mol. The Balaban J connectivity index is 1.21. The largest absolute Gasteiger partial charge is 0.334 e. The Bertz CT molecular complexity index is 2450. The molecule has 0 radical (unpaired) electrons. The Morgan fingerprint density at radius 2 is 1.19 bits per heavy atom. The number of rotatable bonds is 6. The smallest absolute Gasteiger partial charge is 0.0619 e. The zero-order chi connectivity index (χ0) is 31.9. The van der Waals surface area contributed by atoms with Gasteiger partial charge in [-0.05, 0) is 76.5 Å². The summed E-state index contributed by atoms with van der Waals surface area (Å²) in [7, 11) is 0. The van der Waals surface area contributed by atoms with Gasteiger partial charge < -0.3 is 9.47 Å². The summed E-state index contributed by atoms with van der Waals surface area (Å²) in [5.41, 5.74) is 11.0. The van der Waals surface area contributed by atoms with E-state index in [1.165, 1.54) is 71.9 Å². The Morgan fingerprint density at radius 1 is 0.521 bits per heavy atom. The third kappa shape index (κ3) is 4.82. The number of nitrogens with zero attached hydrogens (tertiary/aromatic N) is 2. The van der Waals surface area contributed by atoms with Crippen LogP contribution in [-0.2, 0) is 0 Å². The van der Waals surface area contributed by atoms with Crippen molar-refractivity contribution < 1.29 is 0 Å². The zero-order valence-electron chi connectivity index (χ0n) is 26.6. The maximum absolute atomic E-state index is 2.49. The van der Waals surface area contributed by atoms with Crippen molar-refractivity contribution in [3.05, 3.63) is 194 Å². The molecule has 0 aliphatic heterocycles. The highest BCUT2D eigenvalue weighted by Gasteiger charge is 2.24. The van der Waals surface area contributed by atoms with Crippen molar-refractivity contribution in [3.63, 3.8) is 0 Å². The first-order valence-corrected chi connectivity index (χ1v) is 16.7. The molecule has 1 heterocycles. The van der Waals surface area contributed by atoms with E-state index in [9.17, 15) is 0 Å². The first-order valence-electron chi connectivity index (χ1n) is 16.7. The van der Waals surface area contributed by atoms with Gasteiger partial charge in [0.1, 0.15) is 0 Å². The summed E-state index contributed by atoms with van der Waals surface area (Å²) < 4.78 is 2.45. The first-order chi connectivity index (χ1) is 23.8. The average molecular weight is 615 g/mol. The van der Waals surface area contributed by atoms with Gasteiger partial charge in [-0.2, -0.15) is 0 Å². The van der Waals surface area contributed by atoms with Gasteiger partial charge in [0.05, 0.1) is 17.1 Å². The summed E-state index contributed by atoms with van der Waals surface area (Å²) in [5, 5.41) is 5.08. The molecule has 0 fully saturated rings. The van der Waals surface area contributed by atoms with Crippen LogP contribution in [0.1, 0.15) is 12.0 Å². The quantitative estimate of drug-likeness (QED) is 0.181. The minimum atomic E-state index is 0.147. The van der Waals surface area contributed by atoms with Crippen molar-refractivity contribution in [1.82, 2.24) is 4.57 Å². The van der Waals surface area contributed by atoms with E-state index in [2.05, 4.69) is 198 Å². The molecule has 0 amide bonds. The molecule has 1 aromatic heterocycles. The highest BCUT2D eigenvalue weighted by Crippen LogP contribution is 2.42. The summed E-state index contributed by atoms with van der Waals surface area (Å²) >= 11 is 0. The van der Waals surface area contributed by atoms with Crippen LogP contribution in [-0.4, -0.2) is 10.6 Å². The molecule has 8 aromatic rings. The molecule has 0 saturated heterocycles. The van der Waals surface area contributed by atoms with Gasteiger partial charge in [-0.3, -0.25) is 0 Å². The maximum Gasteiger partial charge on any atom is 0.0619 e. The van der Waals surface area contributed by atoms with E-state index in [-0.39, 0.29) is 6.04 Å². The number of anilines is 2. The molecule has 9 rings (SSSR count). The van der Waals surface area contributed by atoms with Crippen LogP contribution in [0.25, 0.3) is 55.0 Å². The van der Waals surface area contributed by atoms with E-state index >= 15 is 0 Å². The van der Waals surface area contributed by atoms with Crippen molar-refractivity contribution in [1.29, 1.82) is 0 Å². The fourth-order valence-corrected chi connectivity index (χ4v) is 7.50. The lowest BCUT2D eigenvalue weighted by Gasteiger charge is -2.33. The van der Waals surface area contributed by atoms with E-state index in [4.69, 9.17) is 0 Å². The number of benzene rings is 7. The molecule has 0 N–H and O–H groups in total. The molecule has 7 aromatic carbocycles. The van der Waals surface area contributed by atoms with Gasteiger partial charge >= 0.3 is 0 Å². The summed E-state index contributed by atoms with van der Waals surface area (Å²) in [6, 6.07) is 61.5. The normalized spacial score (nSPS) is 14.4. The molecule has 1 atom stereocenters. The predicted octanol–water partition coefficient (Wildman–Crippen LogP) is 12.2. The van der Waals surface area contributed by atoms with Gasteiger partial charge in [0, 0.05) is 33.2 Å². The fourth-order valence-electron chi connectivity index (χ4n) is 7.50. The summed E-state index contributed by atoms with van der Waals surface area (Å²) in [6.45, 7) is 0. The van der Waals surface area contributed by atoms with Crippen LogP contribution in [0.2, 0.25) is 0 Å². The predicted molar refractivity (Wildman–Crippen MR) is 204 cm³/mol. The lowest BCUT2D eigenvalue weighted by molar-refractivity contribution is 0.788. The van der Waals surface area contributed by atoms with Crippen molar-refractivity contribution in [2.24, 2.45) is 0 Å². The van der Waals surface area contributed by atoms with Gasteiger partial charge in [-0.25, -0.2) is 0 Å². The Hall–Kier alpha value is -6.12. The van der Waals surface area contributed by atoms with Crippen LogP contribution in [0.5, 0.6) is 0 Å². The number of para-hydroxylation sites is 2. The maximum atomic E-state index is 2.49. The molecule has 1 aliphatic rings. The van der Waals surface area contributed by atoms with Crippen molar-refractivity contribution in [3.8, 4) is 16.8 Å². The van der Waals surface area contributed by atoms with E-state index < -0.39 is 0 Å². The van der Waals surface area contributed by atoms with Gasteiger partial charge in [0.15, 0.2) is 0 Å². The van der Waals surface area contributed by atoms with Crippen molar-refractivity contribution >= 4 is 49.5 Å². The zero-order valence-corrected chi connectivity index (χ0v) is 26.6. The molecule has 0 saturated carbocycles. The third-order valence-electron chi connectivity index (χ3n) is 9.67. The van der Waals surface area contributed by atoms with Crippen LogP contribution in [0.4, 0.5) is 11.4 Å². The second-order valence-electron chi connectivity index (χ2n) is 12.5. The number of fused-ring (bicyclic) bond motifs is 5. The molecule has 2 nitrogen and oxygen atoms in total. The summed E-state index contributed by atoms with van der Waals surface area (Å²) in [5.74, 6) is 0. The van der Waals surface area contributed by atoms with E-state index in [1.54, 1.807) is 0 Å². The lowest BCUT2D eigenvalue weighted by atomic mass is 9.92. The molecule has 0 spiro atoms. The van der Waals surface area contributed by atoms with Gasteiger partial charge in [0.25, 0.3) is 0 Å². The molecule has 0 bridgehead atoms. The van der Waals surface area contributed by atoms with Gasteiger partial charge in [0.2, 0.25) is 0 Å². The summed E-state index contributed by atoms with van der Waals surface area (Å²) in [6.07, 6.45) is 8.06. The molecule has 48 heavy (non-hydrogen) atoms. The molecule has 2 heteroatoms. The number of hydrogen-bond donors (Lipinski definition) is 0.